The molecule has 0 fully saturated rings. The van der Waals surface area contributed by atoms with Gasteiger partial charge in [-0.1, -0.05) is 0 Å². The minimum absolute atomic E-state index is 0.0694. The molecule has 0 saturated heterocycles. The number of H-pyrrole nitrogens is 1. The molecule has 2 aromatic rings. The summed E-state index contributed by atoms with van der Waals surface area (Å²) in [4.78, 5) is 25.1. The van der Waals surface area contributed by atoms with Crippen LogP contribution in [0.4, 0.5) is 16.7 Å². The van der Waals surface area contributed by atoms with Gasteiger partial charge in [0.05, 0.1) is 10.3 Å². The first-order valence-corrected chi connectivity index (χ1v) is 4.12. The van der Waals surface area contributed by atoms with Gasteiger partial charge in [0, 0.05) is 10.1 Å². The second-order valence-corrected chi connectivity index (χ2v) is 2.43. The third-order valence-corrected chi connectivity index (χ3v) is 1.34. The Balaban J connectivity index is 0.000000200. The Kier molecular flexibility index (Phi) is 4.39. The maximum absolute atomic E-state index is 10.1. The summed E-state index contributed by atoms with van der Waals surface area (Å²) in [5.41, 5.74) is 7.81. The number of carboxylic acid groups (broad SMARTS) is 1. The van der Waals surface area contributed by atoms with Crippen LogP contribution in [0.2, 0.25) is 0 Å². The van der Waals surface area contributed by atoms with E-state index in [0.717, 1.165) is 0 Å². The van der Waals surface area contributed by atoms with Gasteiger partial charge in [0.2, 0.25) is 5.95 Å². The Morgan fingerprint density at radius 3 is 2.84 bits per heavy atom. The van der Waals surface area contributed by atoms with Crippen LogP contribution in [0.1, 0.15) is 0 Å². The van der Waals surface area contributed by atoms with Crippen molar-refractivity contribution in [2.75, 3.05) is 0 Å². The fourth-order valence-corrected chi connectivity index (χ4v) is 0.710. The summed E-state index contributed by atoms with van der Waals surface area (Å²) in [6.07, 6.45) is -0.328. The molecule has 0 spiro atoms. The second kappa shape index (κ2) is 6.21. The highest BCUT2D eigenvalue weighted by Gasteiger charge is 2.23. The van der Waals surface area contributed by atoms with Crippen LogP contribution in [0.25, 0.3) is 10.4 Å². The number of aromatic amines is 1. The van der Waals surface area contributed by atoms with E-state index in [1.54, 1.807) is 0 Å². The molecule has 0 aliphatic carbocycles. The Morgan fingerprint density at radius 1 is 1.68 bits per heavy atom. The molecule has 2 aromatic heterocycles. The van der Waals surface area contributed by atoms with Crippen LogP contribution in [0.3, 0.4) is 0 Å². The van der Waals surface area contributed by atoms with Gasteiger partial charge in [0.15, 0.2) is 0 Å². The molecule has 0 amide bonds. The molecule has 0 saturated carbocycles. The van der Waals surface area contributed by atoms with E-state index in [2.05, 4.69) is 40.7 Å². The summed E-state index contributed by atoms with van der Waals surface area (Å²) in [5, 5.41) is 35.6. The Morgan fingerprint density at radius 2 is 2.42 bits per heavy atom. The van der Waals surface area contributed by atoms with Crippen molar-refractivity contribution in [2.45, 2.75) is 0 Å². The van der Waals surface area contributed by atoms with Crippen molar-refractivity contribution in [1.29, 1.82) is 0 Å². The van der Waals surface area contributed by atoms with Gasteiger partial charge in [-0.3, -0.25) is 5.10 Å². The number of nitrogens with zero attached hydrogens (tertiary/aromatic N) is 10. The Bertz CT molecular complexity index is 580. The number of aromatic nitrogens is 7. The monoisotopic (exact) mass is 269 g/mol. The SMILES string of the molecule is O=C(O)n1nnnc1[N+](=O)[O-].[N-]=[N+]=Nc1ncn[nH]1. The van der Waals surface area contributed by atoms with Crippen molar-refractivity contribution < 1.29 is 14.8 Å². The first-order valence-electron chi connectivity index (χ1n) is 4.12. The van der Waals surface area contributed by atoms with Crippen molar-refractivity contribution in [3.8, 4) is 0 Å². The van der Waals surface area contributed by atoms with Crippen LogP contribution < -0.4 is 0 Å². The average Bonchev–Trinajstić information content (AvgIpc) is 3.00. The highest BCUT2D eigenvalue weighted by molar-refractivity contribution is 5.68. The van der Waals surface area contributed by atoms with E-state index in [1.807, 2.05) is 0 Å². The van der Waals surface area contributed by atoms with E-state index >= 15 is 0 Å². The predicted molar refractivity (Wildman–Crippen MR) is 53.1 cm³/mol. The number of nitrogens with one attached hydrogen (secondary N) is 1. The highest BCUT2D eigenvalue weighted by Crippen LogP contribution is 2.00. The van der Waals surface area contributed by atoms with Crippen LogP contribution in [0, 0.1) is 10.1 Å². The molecule has 0 aliphatic rings. The molecule has 19 heavy (non-hydrogen) atoms. The lowest BCUT2D eigenvalue weighted by molar-refractivity contribution is -0.396. The molecule has 0 aromatic carbocycles. The maximum atomic E-state index is 10.1. The topological polar surface area (TPSA) is 214 Å². The van der Waals surface area contributed by atoms with Gasteiger partial charge in [-0.05, 0) is 20.3 Å². The van der Waals surface area contributed by atoms with Crippen molar-refractivity contribution in [2.24, 2.45) is 5.11 Å². The molecule has 2 rings (SSSR count). The van der Waals surface area contributed by atoms with Gasteiger partial charge in [-0.15, -0.1) is 0 Å². The van der Waals surface area contributed by atoms with E-state index in [9.17, 15) is 14.9 Å². The van der Waals surface area contributed by atoms with E-state index in [-0.39, 0.29) is 10.6 Å². The van der Waals surface area contributed by atoms with Gasteiger partial charge in [-0.25, -0.2) is 9.78 Å². The van der Waals surface area contributed by atoms with Gasteiger partial charge in [0.25, 0.3) is 0 Å². The summed E-state index contributed by atoms with van der Waals surface area (Å²) in [5.74, 6) is -0.731. The number of rotatable bonds is 2. The molecule has 15 nitrogen and oxygen atoms in total. The molecule has 0 atom stereocenters. The first kappa shape index (κ1) is 13.5. The van der Waals surface area contributed by atoms with Crippen LogP contribution in [0.15, 0.2) is 11.4 Å². The van der Waals surface area contributed by atoms with Gasteiger partial charge >= 0.3 is 12.0 Å². The largest absolute Gasteiger partial charge is 0.502 e. The second-order valence-electron chi connectivity index (χ2n) is 2.43. The number of tetrazole rings is 1. The van der Waals surface area contributed by atoms with Crippen molar-refractivity contribution in [3.05, 3.63) is 26.9 Å². The lowest BCUT2D eigenvalue weighted by Gasteiger charge is -1.88. The third-order valence-electron chi connectivity index (χ3n) is 1.34. The summed E-state index contributed by atoms with van der Waals surface area (Å²) >= 11 is 0. The normalized spacial score (nSPS) is 8.84. The number of hydrogen-bond donors (Lipinski definition) is 2. The average molecular weight is 269 g/mol. The van der Waals surface area contributed by atoms with E-state index in [1.165, 1.54) is 6.33 Å². The van der Waals surface area contributed by atoms with Gasteiger partial charge in [-0.2, -0.15) is 5.10 Å². The quantitative estimate of drug-likeness (QED) is 0.185. The molecule has 98 valence electrons. The van der Waals surface area contributed by atoms with Crippen molar-refractivity contribution in [1.82, 2.24) is 35.4 Å². The molecule has 2 N–H and O–H groups in total. The zero-order valence-electron chi connectivity index (χ0n) is 8.72. The summed E-state index contributed by atoms with van der Waals surface area (Å²) < 4.78 is 0.0694. The first-order chi connectivity index (χ1) is 9.06. The van der Waals surface area contributed by atoms with Crippen molar-refractivity contribution >= 4 is 18.0 Å². The molecule has 0 aliphatic heterocycles. The summed E-state index contributed by atoms with van der Waals surface area (Å²) in [7, 11) is 0. The van der Waals surface area contributed by atoms with Crippen LogP contribution in [0.5, 0.6) is 0 Å². The van der Waals surface area contributed by atoms with E-state index < -0.39 is 17.0 Å². The van der Waals surface area contributed by atoms with Crippen LogP contribution >= 0.6 is 0 Å². The lowest BCUT2D eigenvalue weighted by atomic mass is 11.0. The van der Waals surface area contributed by atoms with Crippen molar-refractivity contribution in [3.63, 3.8) is 0 Å². The number of hydrogen-bond acceptors (Lipinski definition) is 9. The molecular formula is C4H3N11O4. The number of nitro groups is 1. The smallest absolute Gasteiger partial charge is 0.451 e. The number of azide groups is 1. The standard InChI is InChI=1S/C2H2N6.C2HN5O4/c3-8-7-2-4-1-5-6-2;8-2(9)6-1(7(10)11)3-4-5-6/h1H,(H,4,5,6);(H,8,9). The third kappa shape index (κ3) is 3.71. The van der Waals surface area contributed by atoms with Crippen LogP contribution in [-0.4, -0.2) is 51.5 Å². The lowest BCUT2D eigenvalue weighted by Crippen LogP contribution is -2.12. The zero-order chi connectivity index (χ0) is 14.3. The molecule has 0 unspecified atom stereocenters. The summed E-state index contributed by atoms with van der Waals surface area (Å²) in [6, 6.07) is 0. The summed E-state index contributed by atoms with van der Waals surface area (Å²) in [6.45, 7) is 0. The Labute approximate surface area is 101 Å². The fraction of sp³-hybridized carbons (Fsp3) is 0. The van der Waals surface area contributed by atoms with Gasteiger partial charge in [0.1, 0.15) is 6.33 Å². The molecular weight excluding hydrogens is 266 g/mol. The molecule has 0 radical (unpaired) electrons. The molecule has 0 bridgehead atoms. The Hall–Kier alpha value is -3.61. The fourth-order valence-electron chi connectivity index (χ4n) is 0.710. The van der Waals surface area contributed by atoms with E-state index in [4.69, 9.17) is 10.6 Å². The van der Waals surface area contributed by atoms with E-state index in [0.29, 0.717) is 0 Å². The minimum Gasteiger partial charge on any atom is -0.451 e. The van der Waals surface area contributed by atoms with Gasteiger partial charge < -0.3 is 15.2 Å². The minimum atomic E-state index is -1.60. The van der Waals surface area contributed by atoms with Crippen LogP contribution in [-0.2, 0) is 0 Å². The molecule has 15 heteroatoms. The number of carbonyl (C=O) groups is 1. The predicted octanol–water partition coefficient (Wildman–Crippen LogP) is -0.146. The zero-order valence-corrected chi connectivity index (χ0v) is 8.72. The maximum Gasteiger partial charge on any atom is 0.502 e. The molecule has 2 heterocycles. The highest BCUT2D eigenvalue weighted by atomic mass is 16.6.